The van der Waals surface area contributed by atoms with E-state index in [2.05, 4.69) is 0 Å². The first kappa shape index (κ1) is 30.7. The van der Waals surface area contributed by atoms with E-state index in [-0.39, 0.29) is 37.2 Å². The predicted octanol–water partition coefficient (Wildman–Crippen LogP) is -8.41. The summed E-state index contributed by atoms with van der Waals surface area (Å²) >= 11 is 2.00. The van der Waals surface area contributed by atoms with E-state index < -0.39 is 0 Å². The molecule has 0 fully saturated rings. The summed E-state index contributed by atoms with van der Waals surface area (Å²) in [5.74, 6) is 0. The Hall–Kier alpha value is 1.58. The van der Waals surface area contributed by atoms with Gasteiger partial charge >= 0.3 is 25.7 Å². The molecule has 0 saturated carbocycles. The Morgan fingerprint density at radius 1 is 0.800 bits per heavy atom. The van der Waals surface area contributed by atoms with E-state index in [1.165, 1.54) is 0 Å². The maximum atomic E-state index is 2.00. The molecule has 0 aromatic heterocycles. The van der Waals surface area contributed by atoms with E-state index >= 15 is 0 Å². The fourth-order valence-electron chi connectivity index (χ4n) is 0. The second-order valence-electron chi connectivity index (χ2n) is 0. The molecule has 0 N–H and O–H groups in total. The molecule has 0 unspecified atom stereocenters. The molecule has 0 aliphatic rings. The number of rotatable bonds is 0. The van der Waals surface area contributed by atoms with Crippen LogP contribution in [0.4, 0.5) is 0 Å². The van der Waals surface area contributed by atoms with Crippen molar-refractivity contribution >= 4 is 0 Å². The van der Waals surface area contributed by atoms with Crippen molar-refractivity contribution in [3.8, 4) is 0 Å². The molecule has 5 heavy (non-hydrogen) atoms. The van der Waals surface area contributed by atoms with Gasteiger partial charge in [0.25, 0.3) is 0 Å². The van der Waals surface area contributed by atoms with Crippen LogP contribution in [0, 0.1) is 0 Å². The summed E-state index contributed by atoms with van der Waals surface area (Å²) in [7, 11) is 0. The summed E-state index contributed by atoms with van der Waals surface area (Å²) in [5.41, 5.74) is 0. The molecule has 32 valence electrons. The minimum Gasteiger partial charge on any atom is -1.00 e. The maximum absolute atomic E-state index is 2.00. The minimum atomic E-state index is 0. The van der Waals surface area contributed by atoms with Crippen molar-refractivity contribution in [1.29, 1.82) is 0 Å². The zero-order valence-corrected chi connectivity index (χ0v) is 6.46. The molecule has 0 nitrogen and oxygen atoms in total. The molecule has 0 aromatic carbocycles. The van der Waals surface area contributed by atoms with Crippen LogP contribution in [0.25, 0.3) is 0 Å². The first-order valence-corrected chi connectivity index (χ1v) is 2.06. The molecule has 0 radical (unpaired) electrons. The fourth-order valence-corrected chi connectivity index (χ4v) is 0. The van der Waals surface area contributed by atoms with Crippen molar-refractivity contribution in [1.82, 2.24) is 0 Å². The average Bonchev–Trinajstić information content (AvgIpc) is 1.00. The van der Waals surface area contributed by atoms with Crippen LogP contribution in [0.3, 0.4) is 0 Å². The van der Waals surface area contributed by atoms with E-state index in [9.17, 15) is 0 Å². The molecular weight excluding hydrogens is 166 g/mol. The normalized spacial score (nSPS) is 1.40. The second-order valence-corrected chi connectivity index (χ2v) is 0. The van der Waals surface area contributed by atoms with Crippen LogP contribution in [0.15, 0.2) is 0 Å². The van der Waals surface area contributed by atoms with E-state index in [1.54, 1.807) is 0 Å². The molecule has 0 aromatic rings. The Morgan fingerprint density at radius 2 is 0.800 bits per heavy atom. The smallest absolute Gasteiger partial charge is 1.00 e. The van der Waals surface area contributed by atoms with Crippen LogP contribution in [0.5, 0.6) is 0 Å². The molecule has 0 rings (SSSR count). The first-order valence-electron chi connectivity index (χ1n) is 0.500. The van der Waals surface area contributed by atoms with Gasteiger partial charge in [-0.05, 0) is 0 Å². The third-order valence-electron chi connectivity index (χ3n) is 0. The number of halogens is 3. The van der Waals surface area contributed by atoms with Crippen molar-refractivity contribution in [3.63, 3.8) is 0 Å². The summed E-state index contributed by atoms with van der Waals surface area (Å²) in [6.07, 6.45) is 0. The Balaban J connectivity index is -0.00000000167. The van der Waals surface area contributed by atoms with Gasteiger partial charge in [-0.25, -0.2) is 0 Å². The van der Waals surface area contributed by atoms with Gasteiger partial charge in [-0.15, -0.1) is 0 Å². The molecule has 0 aliphatic heterocycles. The van der Waals surface area contributed by atoms with Crippen molar-refractivity contribution in [2.45, 2.75) is 5.23 Å². The Bertz CT molecular complexity index is 6.85. The van der Waals surface area contributed by atoms with E-state index in [4.69, 9.17) is 0 Å². The molecule has 4 heteroatoms. The van der Waals surface area contributed by atoms with Gasteiger partial charge in [0.1, 0.15) is 0 Å². The Labute approximate surface area is 62.7 Å². The van der Waals surface area contributed by atoms with Gasteiger partial charge in [-0.2, -0.15) is 0 Å². The van der Waals surface area contributed by atoms with Gasteiger partial charge in [0.2, 0.25) is 0 Å². The topological polar surface area (TPSA) is 0 Å². The third kappa shape index (κ3) is 28.6. The predicted molar refractivity (Wildman–Crippen MR) is 5.86 cm³/mol. The number of hydrogen-bond donors (Lipinski definition) is 0. The molecule has 0 saturated heterocycles. The van der Waals surface area contributed by atoms with Gasteiger partial charge in [0, 0.05) is 0 Å². The summed E-state index contributed by atoms with van der Waals surface area (Å²) in [6.45, 7) is 0. The van der Waals surface area contributed by atoms with Crippen LogP contribution in [-0.2, 0) is 20.4 Å². The average molecular weight is 169 g/mol. The van der Waals surface area contributed by atoms with Crippen LogP contribution >= 0.6 is 0 Å². The van der Waals surface area contributed by atoms with Crippen molar-refractivity contribution in [3.05, 3.63) is 0 Å². The zero-order valence-electron chi connectivity index (χ0n) is 2.63. The van der Waals surface area contributed by atoms with Gasteiger partial charge in [-0.3, -0.25) is 0 Å². The number of hydrogen-bond acceptors (Lipinski definition) is 0. The molecule has 0 amide bonds. The van der Waals surface area contributed by atoms with Crippen molar-refractivity contribution in [2.75, 3.05) is 0 Å². The molecule has 0 heterocycles. The van der Waals surface area contributed by atoms with Crippen molar-refractivity contribution < 1.29 is 57.7 Å². The van der Waals surface area contributed by atoms with Gasteiger partial charge in [0.05, 0.1) is 0 Å². The SMILES string of the molecule is [CH3][Ti+3].[Cl-].[Cl-].[Cl-]. The van der Waals surface area contributed by atoms with Crippen LogP contribution < -0.4 is 37.2 Å². The van der Waals surface area contributed by atoms with Crippen LogP contribution in [0.2, 0.25) is 5.23 Å². The standard InChI is InChI=1S/CH3.3ClH.Ti/h1H3;3*1H;/q;;;;+3/p-3. The largest absolute Gasteiger partial charge is 1.00 e. The summed E-state index contributed by atoms with van der Waals surface area (Å²) < 4.78 is 0. The molecule has 0 atom stereocenters. The molecule has 0 spiro atoms. The summed E-state index contributed by atoms with van der Waals surface area (Å²) in [5, 5.41) is 2.00. The third-order valence-corrected chi connectivity index (χ3v) is 0. The minimum absolute atomic E-state index is 0. The summed E-state index contributed by atoms with van der Waals surface area (Å²) in [4.78, 5) is 0. The van der Waals surface area contributed by atoms with Crippen LogP contribution in [0.1, 0.15) is 0 Å². The van der Waals surface area contributed by atoms with Gasteiger partial charge < -0.3 is 37.2 Å². The maximum Gasteiger partial charge on any atom is -1.00 e. The second kappa shape index (κ2) is 46.8. The van der Waals surface area contributed by atoms with E-state index in [0.717, 1.165) is 0 Å². The Kier molecular flexibility index (Phi) is 287. The van der Waals surface area contributed by atoms with Gasteiger partial charge in [-0.1, -0.05) is 0 Å². The van der Waals surface area contributed by atoms with Crippen molar-refractivity contribution in [2.24, 2.45) is 0 Å². The zero-order chi connectivity index (χ0) is 2.00. The summed E-state index contributed by atoms with van der Waals surface area (Å²) in [6, 6.07) is 0. The van der Waals surface area contributed by atoms with Gasteiger partial charge in [0.15, 0.2) is 0 Å². The molecular formula is CH3Cl3Ti. The Morgan fingerprint density at radius 3 is 0.800 bits per heavy atom. The van der Waals surface area contributed by atoms with Crippen LogP contribution in [-0.4, -0.2) is 0 Å². The first-order chi connectivity index (χ1) is 1.00. The fraction of sp³-hybridized carbons (Fsp3) is 1.00. The monoisotopic (exact) mass is 168 g/mol. The van der Waals surface area contributed by atoms with E-state index in [1.807, 2.05) is 25.7 Å². The van der Waals surface area contributed by atoms with E-state index in [0.29, 0.717) is 0 Å². The quantitative estimate of drug-likeness (QED) is 0.316. The molecule has 0 bridgehead atoms. The molecule has 0 aliphatic carbocycles.